The molecule has 1 aromatic rings. The number of carbonyl (C=O) groups is 2. The molecule has 0 atom stereocenters. The number of hydrogen-bond acceptors (Lipinski definition) is 3. The molecule has 0 bridgehead atoms. The average molecular weight is 227 g/mol. The third-order valence-electron chi connectivity index (χ3n) is 1.64. The van der Waals surface area contributed by atoms with Crippen LogP contribution in [-0.4, -0.2) is 23.6 Å². The maximum Gasteiger partial charge on any atom is 0.332 e. The van der Waals surface area contributed by atoms with E-state index in [0.29, 0.717) is 5.56 Å². The molecule has 1 amide bonds. The third kappa shape index (κ3) is 4.52. The normalized spacial score (nSPS) is 9.81. The molecule has 0 aliphatic carbocycles. The van der Waals surface area contributed by atoms with Crippen molar-refractivity contribution < 1.29 is 23.9 Å². The van der Waals surface area contributed by atoms with Gasteiger partial charge in [-0.2, -0.15) is 0 Å². The van der Waals surface area contributed by atoms with Crippen molar-refractivity contribution in [3.05, 3.63) is 35.6 Å². The van der Waals surface area contributed by atoms with Crippen molar-refractivity contribution in [1.82, 2.24) is 5.48 Å². The van der Waals surface area contributed by atoms with Crippen molar-refractivity contribution in [2.45, 2.75) is 6.42 Å². The summed E-state index contributed by atoms with van der Waals surface area (Å²) in [5, 5.41) is 8.23. The summed E-state index contributed by atoms with van der Waals surface area (Å²) in [6, 6.07) is 5.55. The Morgan fingerprint density at radius 3 is 2.81 bits per heavy atom. The summed E-state index contributed by atoms with van der Waals surface area (Å²) >= 11 is 0. The van der Waals surface area contributed by atoms with E-state index in [9.17, 15) is 14.0 Å². The smallest absolute Gasteiger partial charge is 0.332 e. The van der Waals surface area contributed by atoms with Crippen LogP contribution in [-0.2, 0) is 20.8 Å². The Kier molecular flexibility index (Phi) is 4.41. The number of amides is 1. The molecule has 1 rings (SSSR count). The van der Waals surface area contributed by atoms with Gasteiger partial charge in [-0.15, -0.1) is 0 Å². The molecule has 0 saturated carbocycles. The van der Waals surface area contributed by atoms with Crippen molar-refractivity contribution in [2.75, 3.05) is 6.61 Å². The maximum atomic E-state index is 12.7. The van der Waals surface area contributed by atoms with Gasteiger partial charge in [0.15, 0.2) is 6.61 Å². The second kappa shape index (κ2) is 5.82. The lowest BCUT2D eigenvalue weighted by Crippen LogP contribution is -2.27. The number of carboxylic acids is 1. The van der Waals surface area contributed by atoms with Crippen molar-refractivity contribution in [1.29, 1.82) is 0 Å². The molecule has 2 N–H and O–H groups in total. The fraction of sp³-hybridized carbons (Fsp3) is 0.200. The molecular weight excluding hydrogens is 217 g/mol. The van der Waals surface area contributed by atoms with Crippen LogP contribution in [0.4, 0.5) is 4.39 Å². The Labute approximate surface area is 90.8 Å². The fourth-order valence-electron chi connectivity index (χ4n) is 1.05. The van der Waals surface area contributed by atoms with Crippen LogP contribution in [0.15, 0.2) is 24.3 Å². The van der Waals surface area contributed by atoms with E-state index in [-0.39, 0.29) is 6.42 Å². The molecule has 5 nitrogen and oxygen atoms in total. The molecule has 0 aromatic heterocycles. The number of halogens is 1. The lowest BCUT2D eigenvalue weighted by atomic mass is 10.1. The van der Waals surface area contributed by atoms with Gasteiger partial charge in [0.05, 0.1) is 6.42 Å². The van der Waals surface area contributed by atoms with E-state index in [4.69, 9.17) is 5.11 Å². The first-order valence-corrected chi connectivity index (χ1v) is 4.45. The summed E-state index contributed by atoms with van der Waals surface area (Å²) < 4.78 is 12.7. The quantitative estimate of drug-likeness (QED) is 0.718. The Balaban J connectivity index is 2.37. The zero-order chi connectivity index (χ0) is 12.0. The summed E-state index contributed by atoms with van der Waals surface area (Å²) in [4.78, 5) is 25.6. The van der Waals surface area contributed by atoms with E-state index < -0.39 is 24.3 Å². The maximum absolute atomic E-state index is 12.7. The summed E-state index contributed by atoms with van der Waals surface area (Å²) in [6.07, 6.45) is -0.0720. The third-order valence-corrected chi connectivity index (χ3v) is 1.64. The van der Waals surface area contributed by atoms with Crippen LogP contribution in [0.1, 0.15) is 5.56 Å². The number of hydroxylamine groups is 1. The lowest BCUT2D eigenvalue weighted by molar-refractivity contribution is -0.149. The fourth-order valence-corrected chi connectivity index (χ4v) is 1.05. The van der Waals surface area contributed by atoms with Crippen molar-refractivity contribution in [3.8, 4) is 0 Å². The predicted molar refractivity (Wildman–Crippen MR) is 51.8 cm³/mol. The van der Waals surface area contributed by atoms with E-state index in [1.54, 1.807) is 6.07 Å². The zero-order valence-electron chi connectivity index (χ0n) is 8.27. The molecule has 0 aliphatic rings. The number of hydrogen-bond donors (Lipinski definition) is 2. The van der Waals surface area contributed by atoms with Crippen molar-refractivity contribution >= 4 is 11.9 Å². The van der Waals surface area contributed by atoms with Crippen molar-refractivity contribution in [2.24, 2.45) is 0 Å². The Morgan fingerprint density at radius 1 is 1.44 bits per heavy atom. The number of rotatable bonds is 5. The molecule has 0 spiro atoms. The SMILES string of the molecule is O=C(O)CONC(=O)Cc1cccc(F)c1. The minimum absolute atomic E-state index is 0.0720. The molecule has 6 heteroatoms. The van der Waals surface area contributed by atoms with E-state index in [2.05, 4.69) is 4.84 Å². The minimum Gasteiger partial charge on any atom is -0.479 e. The molecule has 0 aliphatic heterocycles. The van der Waals surface area contributed by atoms with Crippen LogP contribution in [0.2, 0.25) is 0 Å². The van der Waals surface area contributed by atoms with Crippen LogP contribution in [0.25, 0.3) is 0 Å². The van der Waals surface area contributed by atoms with E-state index in [1.165, 1.54) is 18.2 Å². The highest BCUT2D eigenvalue weighted by Crippen LogP contribution is 2.03. The second-order valence-electron chi connectivity index (χ2n) is 3.01. The molecule has 0 unspecified atom stereocenters. The monoisotopic (exact) mass is 227 g/mol. The molecule has 0 heterocycles. The zero-order valence-corrected chi connectivity index (χ0v) is 8.27. The second-order valence-corrected chi connectivity index (χ2v) is 3.01. The average Bonchev–Trinajstić information content (AvgIpc) is 2.16. The summed E-state index contributed by atoms with van der Waals surface area (Å²) in [5.41, 5.74) is 2.42. The van der Waals surface area contributed by atoms with Crippen molar-refractivity contribution in [3.63, 3.8) is 0 Å². The van der Waals surface area contributed by atoms with Gasteiger partial charge < -0.3 is 5.11 Å². The van der Waals surface area contributed by atoms with Crippen LogP contribution in [0.5, 0.6) is 0 Å². The van der Waals surface area contributed by atoms with E-state index >= 15 is 0 Å². The van der Waals surface area contributed by atoms with Crippen LogP contribution in [0.3, 0.4) is 0 Å². The van der Waals surface area contributed by atoms with Crippen LogP contribution >= 0.6 is 0 Å². The number of carbonyl (C=O) groups excluding carboxylic acids is 1. The Hall–Kier alpha value is -1.95. The highest BCUT2D eigenvalue weighted by atomic mass is 19.1. The van der Waals surface area contributed by atoms with Gasteiger partial charge >= 0.3 is 5.97 Å². The van der Waals surface area contributed by atoms with Gasteiger partial charge in [-0.05, 0) is 17.7 Å². The van der Waals surface area contributed by atoms with Gasteiger partial charge in [0.1, 0.15) is 5.82 Å². The molecule has 0 radical (unpaired) electrons. The molecule has 16 heavy (non-hydrogen) atoms. The van der Waals surface area contributed by atoms with Gasteiger partial charge in [0.25, 0.3) is 0 Å². The highest BCUT2D eigenvalue weighted by molar-refractivity contribution is 5.77. The minimum atomic E-state index is -1.19. The molecule has 0 fully saturated rings. The van der Waals surface area contributed by atoms with Gasteiger partial charge in [-0.1, -0.05) is 12.1 Å². The van der Waals surface area contributed by atoms with Gasteiger partial charge in [0, 0.05) is 0 Å². The summed E-state index contributed by atoms with van der Waals surface area (Å²) in [7, 11) is 0. The van der Waals surface area contributed by atoms with Crippen LogP contribution in [0, 0.1) is 5.82 Å². The summed E-state index contributed by atoms with van der Waals surface area (Å²) in [6.45, 7) is -0.616. The molecule has 86 valence electrons. The Morgan fingerprint density at radius 2 is 2.19 bits per heavy atom. The first-order valence-electron chi connectivity index (χ1n) is 4.45. The van der Waals surface area contributed by atoms with E-state index in [0.717, 1.165) is 0 Å². The first kappa shape index (κ1) is 12.1. The van der Waals surface area contributed by atoms with Gasteiger partial charge in [0.2, 0.25) is 5.91 Å². The largest absolute Gasteiger partial charge is 0.479 e. The number of nitrogens with one attached hydrogen (secondary N) is 1. The standard InChI is InChI=1S/C10H10FNO4/c11-8-3-1-2-7(4-8)5-9(13)12-16-6-10(14)15/h1-4H,5-6H2,(H,12,13)(H,14,15). The van der Waals surface area contributed by atoms with Gasteiger partial charge in [-0.25, -0.2) is 14.7 Å². The Bertz CT molecular complexity index is 394. The van der Waals surface area contributed by atoms with E-state index in [1.807, 2.05) is 5.48 Å². The lowest BCUT2D eigenvalue weighted by Gasteiger charge is -2.03. The van der Waals surface area contributed by atoms with Gasteiger partial charge in [-0.3, -0.25) is 9.63 Å². The number of benzene rings is 1. The number of carboxylic acid groups (broad SMARTS) is 1. The molecular formula is C10H10FNO4. The molecule has 1 aromatic carbocycles. The predicted octanol–water partition coefficient (Wildman–Crippen LogP) is 0.501. The first-order chi connectivity index (χ1) is 7.58. The summed E-state index contributed by atoms with van der Waals surface area (Å²) in [5.74, 6) is -2.16. The number of aliphatic carboxylic acids is 1. The van der Waals surface area contributed by atoms with Crippen LogP contribution < -0.4 is 5.48 Å². The molecule has 0 saturated heterocycles. The highest BCUT2D eigenvalue weighted by Gasteiger charge is 2.05. The topological polar surface area (TPSA) is 75.6 Å².